The molecule has 4 heteroatoms. The molecule has 0 aromatic heterocycles. The van der Waals surface area contributed by atoms with E-state index in [1.807, 2.05) is 0 Å². The summed E-state index contributed by atoms with van der Waals surface area (Å²) >= 11 is 0. The van der Waals surface area contributed by atoms with E-state index < -0.39 is 0 Å². The van der Waals surface area contributed by atoms with Crippen molar-refractivity contribution in [3.8, 4) is 0 Å². The number of carbonyl (C=O) groups excluding carboxylic acids is 2. The Kier molecular flexibility index (Phi) is 3.94. The van der Waals surface area contributed by atoms with Crippen LogP contribution in [0.2, 0.25) is 0 Å². The number of hydrogen-bond donors (Lipinski definition) is 1. The molecule has 1 N–H and O–H groups in total. The van der Waals surface area contributed by atoms with Crippen LogP contribution in [0.1, 0.15) is 33.2 Å². The van der Waals surface area contributed by atoms with Gasteiger partial charge in [0, 0.05) is 11.1 Å². The van der Waals surface area contributed by atoms with E-state index in [1.165, 1.54) is 25.1 Å². The van der Waals surface area contributed by atoms with Crippen molar-refractivity contribution in [2.45, 2.75) is 13.8 Å². The Morgan fingerprint density at radius 3 is 2.45 bits per heavy atom. The minimum Gasteiger partial charge on any atom is -0.321 e. The van der Waals surface area contributed by atoms with Crippen molar-refractivity contribution in [3.05, 3.63) is 65.0 Å². The fourth-order valence-corrected chi connectivity index (χ4v) is 1.88. The monoisotopic (exact) mass is 271 g/mol. The number of rotatable bonds is 3. The van der Waals surface area contributed by atoms with E-state index in [4.69, 9.17) is 0 Å². The summed E-state index contributed by atoms with van der Waals surface area (Å²) in [5, 5.41) is 2.67. The van der Waals surface area contributed by atoms with Crippen molar-refractivity contribution in [2.24, 2.45) is 0 Å². The van der Waals surface area contributed by atoms with Crippen LogP contribution in [0, 0.1) is 12.7 Å². The quantitative estimate of drug-likeness (QED) is 0.867. The standard InChI is InChI=1S/C16H14FNO2/c1-10-9-12(7-8-14(10)17)16(20)18-15-6-4-3-5-13(15)11(2)19/h3-9H,1-2H3,(H,18,20). The molecule has 102 valence electrons. The topological polar surface area (TPSA) is 46.2 Å². The van der Waals surface area contributed by atoms with Gasteiger partial charge in [0.2, 0.25) is 0 Å². The molecule has 2 aromatic rings. The number of anilines is 1. The minimum absolute atomic E-state index is 0.129. The summed E-state index contributed by atoms with van der Waals surface area (Å²) in [6.45, 7) is 3.03. The van der Waals surface area contributed by atoms with Gasteiger partial charge in [-0.3, -0.25) is 9.59 Å². The van der Waals surface area contributed by atoms with E-state index in [2.05, 4.69) is 5.32 Å². The summed E-state index contributed by atoms with van der Waals surface area (Å²) < 4.78 is 13.2. The molecule has 1 amide bonds. The molecule has 0 radical (unpaired) electrons. The van der Waals surface area contributed by atoms with Crippen LogP contribution in [-0.2, 0) is 0 Å². The van der Waals surface area contributed by atoms with Gasteiger partial charge in [0.15, 0.2) is 5.78 Å². The first-order chi connectivity index (χ1) is 9.49. The molecule has 2 rings (SSSR count). The van der Waals surface area contributed by atoms with Crippen LogP contribution in [-0.4, -0.2) is 11.7 Å². The largest absolute Gasteiger partial charge is 0.321 e. The number of Topliss-reactive ketones (excluding diaryl/α,β-unsaturated/α-hetero) is 1. The van der Waals surface area contributed by atoms with Gasteiger partial charge in [0.25, 0.3) is 5.91 Å². The maximum absolute atomic E-state index is 13.2. The SMILES string of the molecule is CC(=O)c1ccccc1NC(=O)c1ccc(F)c(C)c1. The lowest BCUT2D eigenvalue weighted by molar-refractivity contribution is 0.101. The van der Waals surface area contributed by atoms with E-state index in [0.29, 0.717) is 22.4 Å². The molecule has 0 saturated carbocycles. The second-order valence-corrected chi connectivity index (χ2v) is 4.52. The zero-order valence-corrected chi connectivity index (χ0v) is 11.2. The van der Waals surface area contributed by atoms with Gasteiger partial charge in [-0.05, 0) is 49.7 Å². The lowest BCUT2D eigenvalue weighted by atomic mass is 10.1. The first-order valence-corrected chi connectivity index (χ1v) is 6.16. The van der Waals surface area contributed by atoms with Crippen LogP contribution >= 0.6 is 0 Å². The first-order valence-electron chi connectivity index (χ1n) is 6.16. The van der Waals surface area contributed by atoms with Crippen LogP contribution in [0.3, 0.4) is 0 Å². The van der Waals surface area contributed by atoms with Gasteiger partial charge >= 0.3 is 0 Å². The summed E-state index contributed by atoms with van der Waals surface area (Å²) in [5.41, 5.74) is 1.64. The van der Waals surface area contributed by atoms with E-state index in [-0.39, 0.29) is 17.5 Å². The Hall–Kier alpha value is -2.49. The third kappa shape index (κ3) is 2.91. The van der Waals surface area contributed by atoms with Crippen molar-refractivity contribution in [3.63, 3.8) is 0 Å². The number of aryl methyl sites for hydroxylation is 1. The zero-order valence-electron chi connectivity index (χ0n) is 11.2. The lowest BCUT2D eigenvalue weighted by Gasteiger charge is -2.09. The molecule has 0 atom stereocenters. The van der Waals surface area contributed by atoms with Gasteiger partial charge < -0.3 is 5.32 Å². The summed E-state index contributed by atoms with van der Waals surface area (Å²) in [6.07, 6.45) is 0. The lowest BCUT2D eigenvalue weighted by Crippen LogP contribution is -2.14. The molecular formula is C16H14FNO2. The molecule has 0 saturated heterocycles. The van der Waals surface area contributed by atoms with E-state index in [1.54, 1.807) is 31.2 Å². The summed E-state index contributed by atoms with van der Waals surface area (Å²) in [6, 6.07) is 10.9. The van der Waals surface area contributed by atoms with Crippen molar-refractivity contribution < 1.29 is 14.0 Å². The maximum Gasteiger partial charge on any atom is 0.255 e. The van der Waals surface area contributed by atoms with Crippen molar-refractivity contribution in [1.29, 1.82) is 0 Å². The van der Waals surface area contributed by atoms with Crippen molar-refractivity contribution >= 4 is 17.4 Å². The highest BCUT2D eigenvalue weighted by atomic mass is 19.1. The molecule has 0 unspecified atom stereocenters. The molecule has 0 aliphatic carbocycles. The molecular weight excluding hydrogens is 257 g/mol. The average Bonchev–Trinajstić information content (AvgIpc) is 2.42. The van der Waals surface area contributed by atoms with Crippen LogP contribution in [0.25, 0.3) is 0 Å². The van der Waals surface area contributed by atoms with E-state index in [9.17, 15) is 14.0 Å². The van der Waals surface area contributed by atoms with Gasteiger partial charge in [0.05, 0.1) is 5.69 Å². The Bertz CT molecular complexity index is 680. The van der Waals surface area contributed by atoms with Gasteiger partial charge in [-0.25, -0.2) is 4.39 Å². The van der Waals surface area contributed by atoms with Gasteiger partial charge in [0.1, 0.15) is 5.82 Å². The predicted molar refractivity (Wildman–Crippen MR) is 75.5 cm³/mol. The zero-order chi connectivity index (χ0) is 14.7. The molecule has 0 fully saturated rings. The summed E-state index contributed by atoms with van der Waals surface area (Å²) in [7, 11) is 0. The van der Waals surface area contributed by atoms with Crippen LogP contribution in [0.4, 0.5) is 10.1 Å². The van der Waals surface area contributed by atoms with Gasteiger partial charge in [-0.1, -0.05) is 12.1 Å². The van der Waals surface area contributed by atoms with Crippen LogP contribution in [0.15, 0.2) is 42.5 Å². The number of halogens is 1. The Morgan fingerprint density at radius 1 is 1.10 bits per heavy atom. The first kappa shape index (κ1) is 13.9. The van der Waals surface area contributed by atoms with E-state index >= 15 is 0 Å². The fourth-order valence-electron chi connectivity index (χ4n) is 1.88. The normalized spacial score (nSPS) is 10.2. The number of benzene rings is 2. The number of carbonyl (C=O) groups is 2. The van der Waals surface area contributed by atoms with Gasteiger partial charge in [-0.2, -0.15) is 0 Å². The third-order valence-corrected chi connectivity index (χ3v) is 2.97. The molecule has 0 spiro atoms. The van der Waals surface area contributed by atoms with Gasteiger partial charge in [-0.15, -0.1) is 0 Å². The Morgan fingerprint density at radius 2 is 1.80 bits per heavy atom. The van der Waals surface area contributed by atoms with Crippen LogP contribution in [0.5, 0.6) is 0 Å². The number of ketones is 1. The van der Waals surface area contributed by atoms with Crippen molar-refractivity contribution in [1.82, 2.24) is 0 Å². The summed E-state index contributed by atoms with van der Waals surface area (Å²) in [5.74, 6) is -0.858. The molecule has 0 bridgehead atoms. The highest BCUT2D eigenvalue weighted by Crippen LogP contribution is 2.17. The number of nitrogens with one attached hydrogen (secondary N) is 1. The number of hydrogen-bond acceptors (Lipinski definition) is 2. The number of para-hydroxylation sites is 1. The fraction of sp³-hybridized carbons (Fsp3) is 0.125. The highest BCUT2D eigenvalue weighted by Gasteiger charge is 2.12. The molecule has 0 aliphatic rings. The molecule has 20 heavy (non-hydrogen) atoms. The smallest absolute Gasteiger partial charge is 0.255 e. The molecule has 3 nitrogen and oxygen atoms in total. The molecule has 2 aromatic carbocycles. The van der Waals surface area contributed by atoms with Crippen molar-refractivity contribution in [2.75, 3.05) is 5.32 Å². The minimum atomic E-state index is -0.373. The highest BCUT2D eigenvalue weighted by molar-refractivity contribution is 6.09. The summed E-state index contributed by atoms with van der Waals surface area (Å²) in [4.78, 5) is 23.6. The van der Waals surface area contributed by atoms with Crippen LogP contribution < -0.4 is 5.32 Å². The number of amides is 1. The predicted octanol–water partition coefficient (Wildman–Crippen LogP) is 3.59. The maximum atomic E-state index is 13.2. The Labute approximate surface area is 116 Å². The second kappa shape index (κ2) is 5.65. The molecule has 0 heterocycles. The second-order valence-electron chi connectivity index (χ2n) is 4.52. The molecule has 0 aliphatic heterocycles. The average molecular weight is 271 g/mol. The third-order valence-electron chi connectivity index (χ3n) is 2.97. The van der Waals surface area contributed by atoms with E-state index in [0.717, 1.165) is 0 Å². The Balaban J connectivity index is 2.28.